The molecule has 1 fully saturated rings. The van der Waals surface area contributed by atoms with Gasteiger partial charge >= 0.3 is 0 Å². The van der Waals surface area contributed by atoms with Gasteiger partial charge in [0, 0.05) is 23.7 Å². The van der Waals surface area contributed by atoms with E-state index in [0.29, 0.717) is 30.5 Å². The molecule has 1 saturated heterocycles. The van der Waals surface area contributed by atoms with Gasteiger partial charge in [-0.05, 0) is 55.4 Å². The van der Waals surface area contributed by atoms with Crippen LogP contribution in [-0.4, -0.2) is 54.1 Å². The summed E-state index contributed by atoms with van der Waals surface area (Å²) in [5, 5.41) is 11.1. The van der Waals surface area contributed by atoms with Crippen molar-refractivity contribution < 1.29 is 14.6 Å². The third-order valence-corrected chi connectivity index (χ3v) is 5.56. The SMILES string of the molecule is CN1CCC(C(=O)N2CCOc3c(O)cc(-c4cccc(Cl)c4)cc3C2)C1. The fourth-order valence-electron chi connectivity index (χ4n) is 3.92. The van der Waals surface area contributed by atoms with Gasteiger partial charge in [0.25, 0.3) is 0 Å². The van der Waals surface area contributed by atoms with Crippen molar-refractivity contribution in [1.29, 1.82) is 0 Å². The molecular weight excluding hydrogens is 364 g/mol. The molecule has 0 saturated carbocycles. The molecule has 0 spiro atoms. The number of nitrogens with zero attached hydrogens (tertiary/aromatic N) is 2. The summed E-state index contributed by atoms with van der Waals surface area (Å²) in [5.41, 5.74) is 2.59. The highest BCUT2D eigenvalue weighted by Crippen LogP contribution is 2.38. The van der Waals surface area contributed by atoms with Crippen LogP contribution in [0.25, 0.3) is 11.1 Å². The first-order valence-corrected chi connectivity index (χ1v) is 9.61. The van der Waals surface area contributed by atoms with Gasteiger partial charge < -0.3 is 19.6 Å². The molecule has 2 aliphatic rings. The number of phenolic OH excluding ortho intramolecular Hbond substituents is 1. The molecule has 0 radical (unpaired) electrons. The van der Waals surface area contributed by atoms with E-state index in [1.807, 2.05) is 42.3 Å². The Morgan fingerprint density at radius 3 is 2.81 bits per heavy atom. The van der Waals surface area contributed by atoms with Crippen molar-refractivity contribution >= 4 is 17.5 Å². The summed E-state index contributed by atoms with van der Waals surface area (Å²) in [6, 6.07) is 11.2. The minimum absolute atomic E-state index is 0.0428. The molecule has 27 heavy (non-hydrogen) atoms. The van der Waals surface area contributed by atoms with Crippen LogP contribution in [0.5, 0.6) is 11.5 Å². The molecule has 2 aromatic carbocycles. The molecule has 5 nitrogen and oxygen atoms in total. The topological polar surface area (TPSA) is 53.0 Å². The lowest BCUT2D eigenvalue weighted by atomic mass is 10.0. The first-order chi connectivity index (χ1) is 13.0. The summed E-state index contributed by atoms with van der Waals surface area (Å²) in [6.07, 6.45) is 0.896. The summed E-state index contributed by atoms with van der Waals surface area (Å²) in [6.45, 7) is 3.11. The van der Waals surface area contributed by atoms with E-state index in [9.17, 15) is 9.90 Å². The lowest BCUT2D eigenvalue weighted by Crippen LogP contribution is -2.38. The molecule has 4 rings (SSSR count). The lowest BCUT2D eigenvalue weighted by molar-refractivity contribution is -0.135. The van der Waals surface area contributed by atoms with Crippen LogP contribution in [0.15, 0.2) is 36.4 Å². The molecule has 0 aliphatic carbocycles. The van der Waals surface area contributed by atoms with Crippen LogP contribution < -0.4 is 4.74 Å². The average molecular weight is 387 g/mol. The zero-order valence-corrected chi connectivity index (χ0v) is 16.1. The smallest absolute Gasteiger partial charge is 0.227 e. The zero-order valence-electron chi connectivity index (χ0n) is 15.3. The van der Waals surface area contributed by atoms with Crippen molar-refractivity contribution in [1.82, 2.24) is 9.80 Å². The molecule has 1 atom stereocenters. The van der Waals surface area contributed by atoms with Gasteiger partial charge in [-0.25, -0.2) is 0 Å². The molecule has 142 valence electrons. The number of aromatic hydroxyl groups is 1. The maximum absolute atomic E-state index is 13.0. The number of hydrogen-bond donors (Lipinski definition) is 1. The van der Waals surface area contributed by atoms with Gasteiger partial charge in [-0.15, -0.1) is 0 Å². The van der Waals surface area contributed by atoms with Crippen molar-refractivity contribution in [2.45, 2.75) is 13.0 Å². The predicted molar refractivity (Wildman–Crippen MR) is 105 cm³/mol. The van der Waals surface area contributed by atoms with Crippen molar-refractivity contribution in [2.24, 2.45) is 5.92 Å². The van der Waals surface area contributed by atoms with Crippen molar-refractivity contribution in [3.63, 3.8) is 0 Å². The number of rotatable bonds is 2. The molecule has 6 heteroatoms. The number of ether oxygens (including phenoxy) is 1. The number of halogens is 1. The highest BCUT2D eigenvalue weighted by molar-refractivity contribution is 6.30. The lowest BCUT2D eigenvalue weighted by Gasteiger charge is -2.23. The van der Waals surface area contributed by atoms with Gasteiger partial charge in [-0.3, -0.25) is 4.79 Å². The van der Waals surface area contributed by atoms with E-state index < -0.39 is 0 Å². The Balaban J connectivity index is 1.64. The Hall–Kier alpha value is -2.24. The van der Waals surface area contributed by atoms with E-state index in [2.05, 4.69) is 4.90 Å². The Morgan fingerprint density at radius 1 is 1.22 bits per heavy atom. The van der Waals surface area contributed by atoms with Crippen LogP contribution in [0.4, 0.5) is 0 Å². The second kappa shape index (κ2) is 7.41. The van der Waals surface area contributed by atoms with E-state index in [1.54, 1.807) is 6.07 Å². The molecule has 2 heterocycles. The molecule has 2 aliphatic heterocycles. The van der Waals surface area contributed by atoms with E-state index in [1.165, 1.54) is 0 Å². The van der Waals surface area contributed by atoms with Crippen LogP contribution in [0.1, 0.15) is 12.0 Å². The zero-order chi connectivity index (χ0) is 19.0. The second-order valence-corrected chi connectivity index (χ2v) is 7.79. The number of fused-ring (bicyclic) bond motifs is 1. The molecule has 1 N–H and O–H groups in total. The highest BCUT2D eigenvalue weighted by atomic mass is 35.5. The Labute approximate surface area is 164 Å². The highest BCUT2D eigenvalue weighted by Gasteiger charge is 2.31. The molecule has 1 unspecified atom stereocenters. The van der Waals surface area contributed by atoms with Crippen molar-refractivity contribution in [2.75, 3.05) is 33.3 Å². The first kappa shape index (κ1) is 18.1. The third-order valence-electron chi connectivity index (χ3n) is 5.33. The number of benzene rings is 2. The number of hydrogen-bond acceptors (Lipinski definition) is 4. The van der Waals surface area contributed by atoms with E-state index in [4.69, 9.17) is 16.3 Å². The monoisotopic (exact) mass is 386 g/mol. The van der Waals surface area contributed by atoms with Gasteiger partial charge in [0.2, 0.25) is 5.91 Å². The van der Waals surface area contributed by atoms with Crippen molar-refractivity contribution in [3.8, 4) is 22.6 Å². The van der Waals surface area contributed by atoms with Crippen molar-refractivity contribution in [3.05, 3.63) is 47.0 Å². The van der Waals surface area contributed by atoms with E-state index in [0.717, 1.165) is 36.2 Å². The standard InChI is InChI=1S/C21H23ClN2O3/c1-23-6-5-15(12-23)21(26)24-7-8-27-20-17(13-24)9-16(11-19(20)25)14-3-2-4-18(22)10-14/h2-4,9-11,15,25H,5-8,12-13H2,1H3. The number of carbonyl (C=O) groups excluding carboxylic acids is 1. The van der Waals surface area contributed by atoms with Gasteiger partial charge in [0.1, 0.15) is 6.61 Å². The maximum Gasteiger partial charge on any atom is 0.227 e. The summed E-state index contributed by atoms with van der Waals surface area (Å²) in [5.74, 6) is 0.779. The Morgan fingerprint density at radius 2 is 2.07 bits per heavy atom. The van der Waals surface area contributed by atoms with Crippen LogP contribution in [-0.2, 0) is 11.3 Å². The summed E-state index contributed by atoms with van der Waals surface area (Å²) in [4.78, 5) is 17.0. The van der Waals surface area contributed by atoms with Crippen LogP contribution in [0.3, 0.4) is 0 Å². The van der Waals surface area contributed by atoms with E-state index >= 15 is 0 Å². The Kier molecular flexibility index (Phi) is 4.98. The Bertz CT molecular complexity index is 871. The number of likely N-dealkylation sites (tertiary alicyclic amines) is 1. The normalized spacial score (nSPS) is 20.1. The number of amides is 1. The fraction of sp³-hybridized carbons (Fsp3) is 0.381. The number of carbonyl (C=O) groups is 1. The molecule has 2 aromatic rings. The van der Waals surface area contributed by atoms with Gasteiger partial charge in [-0.1, -0.05) is 23.7 Å². The summed E-state index contributed by atoms with van der Waals surface area (Å²) >= 11 is 6.11. The largest absolute Gasteiger partial charge is 0.504 e. The molecule has 1 amide bonds. The van der Waals surface area contributed by atoms with Gasteiger partial charge in [0.15, 0.2) is 11.5 Å². The average Bonchev–Trinajstić information content (AvgIpc) is 2.96. The molecular formula is C21H23ClN2O3. The quantitative estimate of drug-likeness (QED) is 0.859. The van der Waals surface area contributed by atoms with Gasteiger partial charge in [-0.2, -0.15) is 0 Å². The third kappa shape index (κ3) is 3.75. The predicted octanol–water partition coefficient (Wildman–Crippen LogP) is 3.39. The van der Waals surface area contributed by atoms with Crippen LogP contribution in [0, 0.1) is 5.92 Å². The van der Waals surface area contributed by atoms with Gasteiger partial charge in [0.05, 0.1) is 12.5 Å². The fourth-order valence-corrected chi connectivity index (χ4v) is 4.11. The first-order valence-electron chi connectivity index (χ1n) is 9.23. The minimum atomic E-state index is 0.0428. The summed E-state index contributed by atoms with van der Waals surface area (Å²) in [7, 11) is 2.05. The summed E-state index contributed by atoms with van der Waals surface area (Å²) < 4.78 is 5.78. The van der Waals surface area contributed by atoms with Crippen LogP contribution in [0.2, 0.25) is 5.02 Å². The number of phenols is 1. The van der Waals surface area contributed by atoms with Crippen LogP contribution >= 0.6 is 11.6 Å². The minimum Gasteiger partial charge on any atom is -0.504 e. The second-order valence-electron chi connectivity index (χ2n) is 7.35. The maximum atomic E-state index is 13.0. The van der Waals surface area contributed by atoms with E-state index in [-0.39, 0.29) is 17.6 Å². The molecule has 0 aromatic heterocycles. The molecule has 0 bridgehead atoms.